The molecule has 0 aromatic rings. The minimum Gasteiger partial charge on any atom is -0.341 e. The van der Waals surface area contributed by atoms with E-state index in [4.69, 9.17) is 0 Å². The molecule has 1 heterocycles. The van der Waals surface area contributed by atoms with Crippen molar-refractivity contribution >= 4 is 5.91 Å². The SMILES string of the molecule is CNCC(C)CN1CC(=O)N(C)C(C)C1. The highest BCUT2D eigenvalue weighted by Gasteiger charge is 2.27. The van der Waals surface area contributed by atoms with Crippen molar-refractivity contribution in [2.75, 3.05) is 40.3 Å². The zero-order chi connectivity index (χ0) is 11.4. The van der Waals surface area contributed by atoms with Crippen molar-refractivity contribution in [3.8, 4) is 0 Å². The Kier molecular flexibility index (Phi) is 4.54. The predicted molar refractivity (Wildman–Crippen MR) is 61.8 cm³/mol. The molecule has 2 unspecified atom stereocenters. The van der Waals surface area contributed by atoms with Crippen LogP contribution in [0.4, 0.5) is 0 Å². The van der Waals surface area contributed by atoms with Crippen LogP contribution in [-0.2, 0) is 4.79 Å². The number of likely N-dealkylation sites (N-methyl/N-ethyl adjacent to an activating group) is 1. The summed E-state index contributed by atoms with van der Waals surface area (Å²) in [5.41, 5.74) is 0. The maximum atomic E-state index is 11.6. The number of nitrogens with one attached hydrogen (secondary N) is 1. The summed E-state index contributed by atoms with van der Waals surface area (Å²) in [5.74, 6) is 0.837. The topological polar surface area (TPSA) is 35.6 Å². The molecule has 1 fully saturated rings. The Morgan fingerprint density at radius 3 is 2.80 bits per heavy atom. The van der Waals surface area contributed by atoms with Crippen molar-refractivity contribution in [3.05, 3.63) is 0 Å². The predicted octanol–water partition coefficient (Wildman–Crippen LogP) is 0.00440. The van der Waals surface area contributed by atoms with Gasteiger partial charge >= 0.3 is 0 Å². The highest BCUT2D eigenvalue weighted by molar-refractivity contribution is 5.79. The third kappa shape index (κ3) is 3.47. The van der Waals surface area contributed by atoms with Crippen LogP contribution in [0.3, 0.4) is 0 Å². The van der Waals surface area contributed by atoms with E-state index in [9.17, 15) is 4.79 Å². The van der Waals surface area contributed by atoms with Gasteiger partial charge in [-0.25, -0.2) is 0 Å². The molecule has 1 aliphatic rings. The minimum atomic E-state index is 0.241. The third-order valence-corrected chi connectivity index (χ3v) is 3.06. The monoisotopic (exact) mass is 213 g/mol. The van der Waals surface area contributed by atoms with Gasteiger partial charge in [-0.05, 0) is 26.4 Å². The lowest BCUT2D eigenvalue weighted by Crippen LogP contribution is -2.54. The molecule has 88 valence electrons. The van der Waals surface area contributed by atoms with Crippen molar-refractivity contribution < 1.29 is 4.79 Å². The molecular weight excluding hydrogens is 190 g/mol. The summed E-state index contributed by atoms with van der Waals surface area (Å²) in [6.07, 6.45) is 0. The van der Waals surface area contributed by atoms with Gasteiger partial charge in [-0.1, -0.05) is 6.92 Å². The zero-order valence-corrected chi connectivity index (χ0v) is 10.3. The van der Waals surface area contributed by atoms with Crippen LogP contribution in [0.15, 0.2) is 0 Å². The molecule has 0 radical (unpaired) electrons. The van der Waals surface area contributed by atoms with Gasteiger partial charge in [0.05, 0.1) is 6.54 Å². The van der Waals surface area contributed by atoms with Crippen LogP contribution >= 0.6 is 0 Å². The average molecular weight is 213 g/mol. The maximum absolute atomic E-state index is 11.6. The number of carbonyl (C=O) groups excluding carboxylic acids is 1. The van der Waals surface area contributed by atoms with Gasteiger partial charge < -0.3 is 10.2 Å². The summed E-state index contributed by atoms with van der Waals surface area (Å²) in [5, 5.41) is 3.17. The Labute approximate surface area is 92.6 Å². The lowest BCUT2D eigenvalue weighted by atomic mass is 10.1. The number of carbonyl (C=O) groups is 1. The summed E-state index contributed by atoms with van der Waals surface area (Å²) in [7, 11) is 3.86. The Morgan fingerprint density at radius 2 is 2.27 bits per heavy atom. The molecule has 1 rings (SSSR count). The second-order valence-electron chi connectivity index (χ2n) is 4.71. The number of amides is 1. The summed E-state index contributed by atoms with van der Waals surface area (Å²) in [4.78, 5) is 15.7. The fourth-order valence-corrected chi connectivity index (χ4v) is 2.10. The summed E-state index contributed by atoms with van der Waals surface area (Å²) >= 11 is 0. The third-order valence-electron chi connectivity index (χ3n) is 3.06. The molecule has 0 aromatic heterocycles. The van der Waals surface area contributed by atoms with Gasteiger partial charge in [0.15, 0.2) is 0 Å². The van der Waals surface area contributed by atoms with E-state index >= 15 is 0 Å². The Balaban J connectivity index is 2.41. The normalized spacial score (nSPS) is 25.7. The second kappa shape index (κ2) is 5.47. The van der Waals surface area contributed by atoms with E-state index in [0.717, 1.165) is 19.6 Å². The molecule has 1 amide bonds. The van der Waals surface area contributed by atoms with Gasteiger partial charge in [0.25, 0.3) is 0 Å². The van der Waals surface area contributed by atoms with Gasteiger partial charge in [0, 0.05) is 26.2 Å². The Bertz CT molecular complexity index is 220. The summed E-state index contributed by atoms with van der Waals surface area (Å²) in [6.45, 7) is 7.90. The molecule has 0 bridgehead atoms. The Morgan fingerprint density at radius 1 is 1.60 bits per heavy atom. The van der Waals surface area contributed by atoms with Crippen LogP contribution in [0.25, 0.3) is 0 Å². The smallest absolute Gasteiger partial charge is 0.236 e. The standard InChI is InChI=1S/C11H23N3O/c1-9(5-12-3)6-14-7-10(2)13(4)11(15)8-14/h9-10,12H,5-8H2,1-4H3. The number of nitrogens with zero attached hydrogens (tertiary/aromatic N) is 2. The number of rotatable bonds is 4. The van der Waals surface area contributed by atoms with Crippen molar-refractivity contribution in [2.45, 2.75) is 19.9 Å². The number of hydrogen-bond acceptors (Lipinski definition) is 3. The first-order valence-electron chi connectivity index (χ1n) is 5.67. The lowest BCUT2D eigenvalue weighted by molar-refractivity contribution is -0.137. The molecule has 1 aliphatic heterocycles. The summed E-state index contributed by atoms with van der Waals surface area (Å²) in [6, 6.07) is 0.341. The van der Waals surface area contributed by atoms with Crippen LogP contribution < -0.4 is 5.32 Å². The van der Waals surface area contributed by atoms with E-state index in [1.807, 2.05) is 19.0 Å². The van der Waals surface area contributed by atoms with Gasteiger partial charge in [-0.3, -0.25) is 9.69 Å². The molecule has 4 heteroatoms. The fourth-order valence-electron chi connectivity index (χ4n) is 2.10. The van der Waals surface area contributed by atoms with E-state index in [0.29, 0.717) is 18.5 Å². The van der Waals surface area contributed by atoms with Crippen molar-refractivity contribution in [1.82, 2.24) is 15.1 Å². The van der Waals surface area contributed by atoms with Crippen LogP contribution in [0.1, 0.15) is 13.8 Å². The maximum Gasteiger partial charge on any atom is 0.236 e. The molecule has 0 aliphatic carbocycles. The number of hydrogen-bond donors (Lipinski definition) is 1. The highest BCUT2D eigenvalue weighted by Crippen LogP contribution is 2.10. The largest absolute Gasteiger partial charge is 0.341 e. The van der Waals surface area contributed by atoms with Gasteiger partial charge in [0.2, 0.25) is 5.91 Å². The number of piperazine rings is 1. The Hall–Kier alpha value is -0.610. The fraction of sp³-hybridized carbons (Fsp3) is 0.909. The lowest BCUT2D eigenvalue weighted by Gasteiger charge is -2.38. The van der Waals surface area contributed by atoms with E-state index in [1.54, 1.807) is 0 Å². The molecule has 15 heavy (non-hydrogen) atoms. The van der Waals surface area contributed by atoms with E-state index in [-0.39, 0.29) is 5.91 Å². The van der Waals surface area contributed by atoms with E-state index in [1.165, 1.54) is 0 Å². The molecule has 0 aromatic carbocycles. The van der Waals surface area contributed by atoms with Gasteiger partial charge in [0.1, 0.15) is 0 Å². The molecule has 4 nitrogen and oxygen atoms in total. The molecule has 0 spiro atoms. The van der Waals surface area contributed by atoms with Crippen molar-refractivity contribution in [2.24, 2.45) is 5.92 Å². The first-order valence-corrected chi connectivity index (χ1v) is 5.67. The first-order chi connectivity index (χ1) is 7.04. The highest BCUT2D eigenvalue weighted by atomic mass is 16.2. The van der Waals surface area contributed by atoms with Gasteiger partial charge in [-0.15, -0.1) is 0 Å². The summed E-state index contributed by atoms with van der Waals surface area (Å²) < 4.78 is 0. The zero-order valence-electron chi connectivity index (χ0n) is 10.3. The van der Waals surface area contributed by atoms with Crippen LogP contribution in [0.5, 0.6) is 0 Å². The molecule has 1 N–H and O–H groups in total. The first kappa shape index (κ1) is 12.5. The van der Waals surface area contributed by atoms with Gasteiger partial charge in [-0.2, -0.15) is 0 Å². The van der Waals surface area contributed by atoms with Crippen molar-refractivity contribution in [3.63, 3.8) is 0 Å². The molecule has 2 atom stereocenters. The minimum absolute atomic E-state index is 0.241. The van der Waals surface area contributed by atoms with E-state index < -0.39 is 0 Å². The molecule has 1 saturated heterocycles. The van der Waals surface area contributed by atoms with Crippen LogP contribution in [0.2, 0.25) is 0 Å². The van der Waals surface area contributed by atoms with Crippen LogP contribution in [0, 0.1) is 5.92 Å². The quantitative estimate of drug-likeness (QED) is 0.714. The van der Waals surface area contributed by atoms with E-state index in [2.05, 4.69) is 24.1 Å². The molecule has 0 saturated carbocycles. The second-order valence-corrected chi connectivity index (χ2v) is 4.71. The van der Waals surface area contributed by atoms with Crippen LogP contribution in [-0.4, -0.2) is 62.0 Å². The molecular formula is C11H23N3O. The van der Waals surface area contributed by atoms with Crippen molar-refractivity contribution in [1.29, 1.82) is 0 Å². The average Bonchev–Trinajstić information content (AvgIpc) is 2.14.